The average molecular weight is 344 g/mol. The number of fused-ring (bicyclic) bond motifs is 5. The third-order valence-corrected chi connectivity index (χ3v) is 8.50. The summed E-state index contributed by atoms with van der Waals surface area (Å²) >= 11 is 0. The predicted octanol–water partition coefficient (Wildman–Crippen LogP) is 4.70. The molecule has 0 heterocycles. The lowest BCUT2D eigenvalue weighted by atomic mass is 9.45. The monoisotopic (exact) mass is 344 g/mol. The smallest absolute Gasteiger partial charge is 0.302 e. The molecule has 25 heavy (non-hydrogen) atoms. The molecule has 4 rings (SSSR count). The number of hydrogen-bond acceptors (Lipinski definition) is 3. The van der Waals surface area contributed by atoms with Gasteiger partial charge in [-0.1, -0.05) is 26.3 Å². The zero-order chi connectivity index (χ0) is 18.0. The Labute approximate surface area is 151 Å². The van der Waals surface area contributed by atoms with E-state index in [-0.39, 0.29) is 22.9 Å². The van der Waals surface area contributed by atoms with E-state index in [2.05, 4.69) is 20.8 Å². The van der Waals surface area contributed by atoms with E-state index in [0.717, 1.165) is 19.3 Å². The number of hydrogen-bond donors (Lipinski definition) is 0. The molecule has 0 radical (unpaired) electrons. The second-order valence-corrected chi connectivity index (χ2v) is 9.72. The van der Waals surface area contributed by atoms with Crippen LogP contribution >= 0.6 is 0 Å². The Kier molecular flexibility index (Phi) is 3.94. The molecule has 0 aliphatic heterocycles. The molecule has 0 amide bonds. The molecule has 0 unspecified atom stereocenters. The Morgan fingerprint density at radius 1 is 1.16 bits per heavy atom. The summed E-state index contributed by atoms with van der Waals surface area (Å²) in [5.41, 5.74) is 1.79. The highest BCUT2D eigenvalue weighted by Crippen LogP contribution is 2.66. The van der Waals surface area contributed by atoms with Crippen LogP contribution in [0, 0.1) is 34.5 Å². The minimum Gasteiger partial charge on any atom is -0.462 e. The van der Waals surface area contributed by atoms with Crippen LogP contribution in [0.1, 0.15) is 72.6 Å². The Hall–Kier alpha value is -1.12. The van der Waals surface area contributed by atoms with E-state index in [1.54, 1.807) is 6.92 Å². The van der Waals surface area contributed by atoms with Crippen LogP contribution < -0.4 is 0 Å². The van der Waals surface area contributed by atoms with E-state index >= 15 is 0 Å². The number of rotatable bonds is 1. The molecule has 0 aromatic heterocycles. The van der Waals surface area contributed by atoms with Crippen molar-refractivity contribution in [2.24, 2.45) is 34.5 Å². The van der Waals surface area contributed by atoms with Gasteiger partial charge in [-0.2, -0.15) is 0 Å². The molecule has 3 saturated carbocycles. The molecule has 3 nitrogen and oxygen atoms in total. The zero-order valence-corrected chi connectivity index (χ0v) is 16.1. The molecule has 4 aliphatic carbocycles. The van der Waals surface area contributed by atoms with Gasteiger partial charge in [0, 0.05) is 18.8 Å². The molecule has 0 aromatic carbocycles. The van der Waals surface area contributed by atoms with Crippen LogP contribution in [0.25, 0.3) is 0 Å². The quantitative estimate of drug-likeness (QED) is 0.648. The molecule has 3 fully saturated rings. The second-order valence-electron chi connectivity index (χ2n) is 9.72. The SMILES string of the molecule is CC(=O)O[C@H]1CC[C@H]2[C@@H]3C[C@H](C)C4=CC(=O)CC[C@]4(C)[C@H]3CC[C@]12C. The van der Waals surface area contributed by atoms with Crippen LogP contribution in [0.3, 0.4) is 0 Å². The molecule has 4 aliphatic rings. The average Bonchev–Trinajstić information content (AvgIpc) is 2.86. The van der Waals surface area contributed by atoms with Crippen molar-refractivity contribution in [1.82, 2.24) is 0 Å². The predicted molar refractivity (Wildman–Crippen MR) is 96.8 cm³/mol. The van der Waals surface area contributed by atoms with E-state index in [1.165, 1.54) is 24.8 Å². The Morgan fingerprint density at radius 2 is 1.92 bits per heavy atom. The molecule has 138 valence electrons. The van der Waals surface area contributed by atoms with Crippen molar-refractivity contribution in [2.75, 3.05) is 0 Å². The number of allylic oxidation sites excluding steroid dienone is 1. The van der Waals surface area contributed by atoms with Gasteiger partial charge in [0.25, 0.3) is 0 Å². The molecule has 0 N–H and O–H groups in total. The topological polar surface area (TPSA) is 43.4 Å². The van der Waals surface area contributed by atoms with Gasteiger partial charge in [0.1, 0.15) is 6.10 Å². The highest BCUT2D eigenvalue weighted by Gasteiger charge is 2.60. The normalized spacial score (nSPS) is 48.9. The molecule has 3 heteroatoms. The maximum atomic E-state index is 12.0. The van der Waals surface area contributed by atoms with Gasteiger partial charge in [-0.05, 0) is 73.7 Å². The van der Waals surface area contributed by atoms with E-state index in [0.29, 0.717) is 35.9 Å². The Morgan fingerprint density at radius 3 is 2.64 bits per heavy atom. The minimum absolute atomic E-state index is 0.101. The zero-order valence-electron chi connectivity index (χ0n) is 16.1. The van der Waals surface area contributed by atoms with Gasteiger partial charge in [-0.15, -0.1) is 0 Å². The summed E-state index contributed by atoms with van der Waals surface area (Å²) < 4.78 is 5.74. The minimum atomic E-state index is -0.131. The van der Waals surface area contributed by atoms with Gasteiger partial charge in [0.2, 0.25) is 0 Å². The molecule has 0 bridgehead atoms. The molecule has 0 spiro atoms. The summed E-state index contributed by atoms with van der Waals surface area (Å²) in [6.45, 7) is 8.67. The van der Waals surface area contributed by atoms with Crippen molar-refractivity contribution in [2.45, 2.75) is 78.7 Å². The number of ether oxygens (including phenoxy) is 1. The number of esters is 1. The Balaban J connectivity index is 1.66. The number of carbonyl (C=O) groups excluding carboxylic acids is 2. The number of carbonyl (C=O) groups is 2. The van der Waals surface area contributed by atoms with Crippen LogP contribution in [0.2, 0.25) is 0 Å². The summed E-state index contributed by atoms with van der Waals surface area (Å²) in [5, 5.41) is 0. The van der Waals surface area contributed by atoms with Gasteiger partial charge < -0.3 is 4.74 Å². The lowest BCUT2D eigenvalue weighted by Gasteiger charge is -2.59. The molecule has 0 aromatic rings. The summed E-state index contributed by atoms with van der Waals surface area (Å²) in [7, 11) is 0. The fourth-order valence-electron chi connectivity index (χ4n) is 7.33. The van der Waals surface area contributed by atoms with Crippen molar-refractivity contribution in [3.05, 3.63) is 11.6 Å². The second kappa shape index (κ2) is 5.69. The van der Waals surface area contributed by atoms with Crippen LogP contribution in [-0.2, 0) is 14.3 Å². The lowest BCUT2D eigenvalue weighted by molar-refractivity contribution is -0.157. The highest BCUT2D eigenvalue weighted by molar-refractivity contribution is 5.91. The first-order valence-corrected chi connectivity index (χ1v) is 10.2. The Bertz CT molecular complexity index is 635. The van der Waals surface area contributed by atoms with Crippen molar-refractivity contribution >= 4 is 11.8 Å². The first-order valence-electron chi connectivity index (χ1n) is 10.2. The van der Waals surface area contributed by atoms with Gasteiger partial charge in [0.05, 0.1) is 0 Å². The first kappa shape index (κ1) is 17.3. The van der Waals surface area contributed by atoms with Gasteiger partial charge >= 0.3 is 5.97 Å². The van der Waals surface area contributed by atoms with Crippen molar-refractivity contribution in [3.63, 3.8) is 0 Å². The molecule has 7 atom stereocenters. The summed E-state index contributed by atoms with van der Waals surface area (Å²) in [4.78, 5) is 23.6. The van der Waals surface area contributed by atoms with Crippen molar-refractivity contribution in [3.8, 4) is 0 Å². The van der Waals surface area contributed by atoms with Gasteiger partial charge in [-0.25, -0.2) is 0 Å². The third-order valence-electron chi connectivity index (χ3n) is 8.50. The van der Waals surface area contributed by atoms with Crippen LogP contribution in [0.15, 0.2) is 11.6 Å². The van der Waals surface area contributed by atoms with Crippen LogP contribution in [-0.4, -0.2) is 17.9 Å². The van der Waals surface area contributed by atoms with Crippen LogP contribution in [0.4, 0.5) is 0 Å². The van der Waals surface area contributed by atoms with E-state index in [9.17, 15) is 9.59 Å². The van der Waals surface area contributed by atoms with Crippen molar-refractivity contribution < 1.29 is 14.3 Å². The van der Waals surface area contributed by atoms with Gasteiger partial charge in [0.15, 0.2) is 5.78 Å². The first-order chi connectivity index (χ1) is 11.8. The standard InChI is InChI=1S/C22H32O3/c1-13-11-16-17-5-6-20(25-14(2)23)22(17,4)10-8-18(16)21(3)9-7-15(24)12-19(13)21/h12-13,16-18,20H,5-11H2,1-4H3/t13-,16-,17-,18-,20-,21+,22-/m0/s1. The van der Waals surface area contributed by atoms with E-state index in [4.69, 9.17) is 4.74 Å². The maximum absolute atomic E-state index is 12.0. The molecular weight excluding hydrogens is 312 g/mol. The van der Waals surface area contributed by atoms with Crippen LogP contribution in [0.5, 0.6) is 0 Å². The van der Waals surface area contributed by atoms with Crippen molar-refractivity contribution in [1.29, 1.82) is 0 Å². The van der Waals surface area contributed by atoms with E-state index in [1.807, 2.05) is 6.08 Å². The van der Waals surface area contributed by atoms with Gasteiger partial charge in [-0.3, -0.25) is 9.59 Å². The maximum Gasteiger partial charge on any atom is 0.302 e. The largest absolute Gasteiger partial charge is 0.462 e. The number of ketones is 1. The summed E-state index contributed by atoms with van der Waals surface area (Å²) in [6, 6.07) is 0. The highest BCUT2D eigenvalue weighted by atomic mass is 16.5. The fraction of sp³-hybridized carbons (Fsp3) is 0.818. The third kappa shape index (κ3) is 2.44. The lowest BCUT2D eigenvalue weighted by Crippen LogP contribution is -2.53. The molecular formula is C22H32O3. The molecule has 0 saturated heterocycles. The summed E-state index contributed by atoms with van der Waals surface area (Å²) in [5.74, 6) is 2.77. The fourth-order valence-corrected chi connectivity index (χ4v) is 7.33. The van der Waals surface area contributed by atoms with E-state index < -0.39 is 0 Å². The summed E-state index contributed by atoms with van der Waals surface area (Å²) in [6.07, 6.45) is 9.62.